The van der Waals surface area contributed by atoms with Gasteiger partial charge in [0, 0.05) is 88.5 Å². The number of carbonyl (C=O) groups excluding carboxylic acids is 5. The van der Waals surface area contributed by atoms with Crippen LogP contribution in [0.5, 0.6) is 34.5 Å². The molecule has 3 N–H and O–H groups in total. The van der Waals surface area contributed by atoms with Crippen LogP contribution in [0, 0.1) is 48.0 Å². The molecule has 639 valence electrons. The SMILES string of the molecule is C.C.CC(C)(C)NC(=O)c1c(-c2ccc(Oc3c(F)cccc3F)cc2)cn([C@@H]2CCN(C(=O)OC(C)(C)C)C2)c1C(=O)O.[B].[C-]#[N+]c1c(-c2ccc(Oc3c(F)cccc3F)cc2)cn([C@@H]2CCN(C(=O)OC(C)(C)C)C2)c1C(=O)O.[C-]#[N+]c1c(-c2ccc(Oc3c(F)cccc3F)cc2)cn([C@@H]2CCN(C(=O)OC(C)(C)C)C2)c1C(=O)OCC. The Morgan fingerprint density at radius 1 is 0.438 bits per heavy atom. The van der Waals surface area contributed by atoms with Gasteiger partial charge in [-0.05, 0) is 199 Å². The minimum Gasteiger partial charge on any atom is -0.478 e. The van der Waals surface area contributed by atoms with E-state index in [0.29, 0.717) is 78.8 Å². The summed E-state index contributed by atoms with van der Waals surface area (Å²) in [6, 6.07) is 27.7. The Hall–Kier alpha value is -13.1. The first kappa shape index (κ1) is 95.0. The molecule has 9 aromatic rings. The lowest BCUT2D eigenvalue weighted by molar-refractivity contribution is 0.0278. The Morgan fingerprint density at radius 2 is 0.719 bits per heavy atom. The highest BCUT2D eigenvalue weighted by atomic mass is 19.2. The zero-order chi connectivity index (χ0) is 86.2. The standard InChI is InChI=1S/C31H35F2N3O6.C29H29F2N3O5.C27H25F2N3O5.2CH4.B/c1-30(2,3)34-27(37)24-21(18-10-12-20(13-11-18)41-26-22(32)8-7-9-23(26)33)17-36(25(24)28(38)39)19-14-15-35(16-19)29(40)42-31(4,5)6;1-6-37-27(35)25-24(32-5)21(17-34(25)19-14-15-33(16-19)28(36)39-29(2,3)4)18-10-12-20(13-11-18)38-26-22(30)8-7-9-23(26)31;1-27(2,3)37-26(35)31-13-12-17(14-31)32-15-19(22(30-4)23(32)25(33)34)16-8-10-18(11-9-16)36-24-20(28)6-5-7-21(24)29;;;/h7-13,17,19H,14-16H2,1-6H3,(H,34,37)(H,38,39);7-13,17,19H,6,14-16H2,1-4H3;5-11,15,17H,12-14H2,1-3H3,(H,33,34);2*1H4;/t2*19-;17-;;;/m111.../s1. The number of rotatable bonds is 17. The molecule has 0 spiro atoms. The average molecular weight is 1670 g/mol. The van der Waals surface area contributed by atoms with Gasteiger partial charge in [-0.2, -0.15) is 0 Å². The predicted octanol–water partition coefficient (Wildman–Crippen LogP) is 21.3. The molecule has 3 atom stereocenters. The summed E-state index contributed by atoms with van der Waals surface area (Å²) in [6.45, 7) is 40.5. The Labute approximate surface area is 700 Å². The molecule has 121 heavy (non-hydrogen) atoms. The van der Waals surface area contributed by atoms with Crippen LogP contribution < -0.4 is 19.5 Å². The number of likely N-dealkylation sites (tertiary alicyclic amines) is 3. The maximum absolute atomic E-state index is 14.1. The smallest absolute Gasteiger partial charge is 0.410 e. The van der Waals surface area contributed by atoms with Crippen LogP contribution in [-0.2, 0) is 18.9 Å². The number of carboxylic acid groups (broad SMARTS) is 2. The van der Waals surface area contributed by atoms with E-state index in [1.807, 2.05) is 0 Å². The van der Waals surface area contributed by atoms with E-state index in [1.54, 1.807) is 154 Å². The summed E-state index contributed by atoms with van der Waals surface area (Å²) in [7, 11) is 0. The maximum atomic E-state index is 14.1. The molecule has 3 aliphatic rings. The summed E-state index contributed by atoms with van der Waals surface area (Å²) in [5.41, 5.74) is -0.0990. The van der Waals surface area contributed by atoms with Crippen molar-refractivity contribution >= 4 is 61.9 Å². The second-order valence-corrected chi connectivity index (χ2v) is 31.9. The lowest BCUT2D eigenvalue weighted by Gasteiger charge is -2.24. The number of nitrogens with one attached hydrogen (secondary N) is 1. The third-order valence-corrected chi connectivity index (χ3v) is 18.4. The molecule has 0 saturated carbocycles. The number of amides is 4. The van der Waals surface area contributed by atoms with Crippen LogP contribution in [0.3, 0.4) is 0 Å². The van der Waals surface area contributed by atoms with Gasteiger partial charge in [0.15, 0.2) is 52.2 Å². The van der Waals surface area contributed by atoms with E-state index in [1.165, 1.54) is 73.5 Å². The average Bonchev–Trinajstić information content (AvgIpc) is 1.61. The van der Waals surface area contributed by atoms with E-state index in [4.69, 9.17) is 46.3 Å². The number of hydrogen-bond donors (Lipinski definition) is 3. The second kappa shape index (κ2) is 39.2. The molecule has 3 saturated heterocycles. The third kappa shape index (κ3) is 23.2. The van der Waals surface area contributed by atoms with Crippen LogP contribution in [0.25, 0.3) is 43.1 Å². The fourth-order valence-electron chi connectivity index (χ4n) is 13.3. The van der Waals surface area contributed by atoms with Crippen molar-refractivity contribution in [3.8, 4) is 67.9 Å². The number of aromatic nitrogens is 3. The topological polar surface area (TPSA) is 270 Å². The van der Waals surface area contributed by atoms with Crippen molar-refractivity contribution in [2.75, 3.05) is 45.9 Å². The van der Waals surface area contributed by atoms with E-state index in [2.05, 4.69) is 15.0 Å². The number of esters is 1. The van der Waals surface area contributed by atoms with E-state index < -0.39 is 123 Å². The van der Waals surface area contributed by atoms with Gasteiger partial charge >= 0.3 is 36.2 Å². The normalized spacial score (nSPS) is 14.9. The van der Waals surface area contributed by atoms with Crippen LogP contribution in [0.4, 0.5) is 52.1 Å². The number of nitrogens with zero attached hydrogens (tertiary/aromatic N) is 8. The van der Waals surface area contributed by atoms with Gasteiger partial charge in [0.2, 0.25) is 11.4 Å². The number of carboxylic acids is 2. The summed E-state index contributed by atoms with van der Waals surface area (Å²) in [5, 5.41) is 23.1. The highest BCUT2D eigenvalue weighted by Gasteiger charge is 2.40. The van der Waals surface area contributed by atoms with Crippen LogP contribution >= 0.6 is 0 Å². The molecular formula is C89H97BF6N9O16. The molecule has 32 heteroatoms. The van der Waals surface area contributed by atoms with E-state index in [0.717, 1.165) is 36.4 Å². The summed E-state index contributed by atoms with van der Waals surface area (Å²) in [4.78, 5) is 101. The van der Waals surface area contributed by atoms with E-state index in [9.17, 15) is 70.1 Å². The second-order valence-electron chi connectivity index (χ2n) is 31.9. The molecule has 0 aliphatic carbocycles. The van der Waals surface area contributed by atoms with Crippen LogP contribution in [0.1, 0.15) is 184 Å². The van der Waals surface area contributed by atoms with Crippen LogP contribution in [-0.4, -0.2) is 157 Å². The van der Waals surface area contributed by atoms with Crippen molar-refractivity contribution in [3.05, 3.63) is 226 Å². The van der Waals surface area contributed by atoms with Gasteiger partial charge < -0.3 is 77.1 Å². The minimum absolute atomic E-state index is 0. The first-order valence-corrected chi connectivity index (χ1v) is 37.6. The zero-order valence-corrected chi connectivity index (χ0v) is 67.7. The molecule has 6 aromatic carbocycles. The lowest BCUT2D eigenvalue weighted by Crippen LogP contribution is -2.41. The number of benzene rings is 6. The Balaban J connectivity index is 0.000000247. The first-order valence-electron chi connectivity index (χ1n) is 37.6. The Kier molecular flexibility index (Phi) is 30.8. The number of ether oxygens (including phenoxy) is 7. The van der Waals surface area contributed by atoms with Gasteiger partial charge in [-0.15, -0.1) is 0 Å². The van der Waals surface area contributed by atoms with E-state index in [-0.39, 0.29) is 106 Å². The summed E-state index contributed by atoms with van der Waals surface area (Å²) < 4.78 is 127. The quantitative estimate of drug-likeness (QED) is 0.0251. The lowest BCUT2D eigenvalue weighted by atomic mass is 10.0. The number of halogens is 6. The van der Waals surface area contributed by atoms with E-state index >= 15 is 0 Å². The molecule has 3 radical (unpaired) electrons. The fourth-order valence-corrected chi connectivity index (χ4v) is 13.3. The zero-order valence-electron chi connectivity index (χ0n) is 67.7. The van der Waals surface area contributed by atoms with Crippen molar-refractivity contribution < 1.29 is 103 Å². The molecule has 0 unspecified atom stereocenters. The molecule has 3 aromatic heterocycles. The molecule has 6 heterocycles. The monoisotopic (exact) mass is 1670 g/mol. The third-order valence-electron chi connectivity index (χ3n) is 18.4. The van der Waals surface area contributed by atoms with Crippen molar-refractivity contribution in [2.24, 2.45) is 0 Å². The van der Waals surface area contributed by atoms with Crippen molar-refractivity contribution in [3.63, 3.8) is 0 Å². The van der Waals surface area contributed by atoms with Crippen molar-refractivity contribution in [1.82, 2.24) is 33.7 Å². The van der Waals surface area contributed by atoms with Gasteiger partial charge in [-0.3, -0.25) is 4.79 Å². The molecule has 3 fully saturated rings. The van der Waals surface area contributed by atoms with Gasteiger partial charge in [0.25, 0.3) is 5.91 Å². The number of para-hydroxylation sites is 3. The largest absolute Gasteiger partial charge is 0.478 e. The molecule has 0 bridgehead atoms. The van der Waals surface area contributed by atoms with Gasteiger partial charge in [0.1, 0.15) is 51.1 Å². The van der Waals surface area contributed by atoms with Gasteiger partial charge in [-0.25, -0.2) is 64.8 Å². The molecule has 4 amide bonds. The Morgan fingerprint density at radius 3 is 1.00 bits per heavy atom. The number of carbonyl (C=O) groups is 7. The summed E-state index contributed by atoms with van der Waals surface area (Å²) in [6.07, 6.45) is 4.97. The van der Waals surface area contributed by atoms with Gasteiger partial charge in [-0.1, -0.05) is 69.5 Å². The molecule has 25 nitrogen and oxygen atoms in total. The number of aromatic carboxylic acids is 2. The summed E-state index contributed by atoms with van der Waals surface area (Å²) >= 11 is 0. The highest BCUT2D eigenvalue weighted by Crippen LogP contribution is 2.44. The van der Waals surface area contributed by atoms with Crippen LogP contribution in [0.2, 0.25) is 0 Å². The first-order chi connectivity index (χ1) is 55.5. The molecule has 3 aliphatic heterocycles. The van der Waals surface area contributed by atoms with Crippen molar-refractivity contribution in [2.45, 2.75) is 165 Å². The molecular weight excluding hydrogens is 1580 g/mol. The number of hydrogen-bond acceptors (Lipinski definition) is 14. The predicted molar refractivity (Wildman–Crippen MR) is 442 cm³/mol. The van der Waals surface area contributed by atoms with Gasteiger partial charge in [0.05, 0.1) is 43.4 Å². The Bertz CT molecular complexity index is 5300. The minimum atomic E-state index is -1.30. The maximum Gasteiger partial charge on any atom is 0.410 e. The summed E-state index contributed by atoms with van der Waals surface area (Å²) in [5.74, 6) is -9.95. The molecule has 12 rings (SSSR count). The fraction of sp³-hybridized carbons (Fsp3) is 0.360. The van der Waals surface area contributed by atoms with Crippen molar-refractivity contribution in [1.29, 1.82) is 0 Å². The highest BCUT2D eigenvalue weighted by molar-refractivity contribution is 6.10. The van der Waals surface area contributed by atoms with Crippen LogP contribution in [0.15, 0.2) is 146 Å².